The molecule has 4 heterocycles. The number of aryl methyl sites for hydroxylation is 1. The Morgan fingerprint density at radius 3 is 2.74 bits per heavy atom. The highest BCUT2D eigenvalue weighted by Gasteiger charge is 2.14. The molecule has 0 spiro atoms. The van der Waals surface area contributed by atoms with Gasteiger partial charge in [0.25, 0.3) is 0 Å². The average Bonchev–Trinajstić information content (AvgIpc) is 3.42. The van der Waals surface area contributed by atoms with Crippen LogP contribution in [0.15, 0.2) is 67.3 Å². The molecule has 31 heavy (non-hydrogen) atoms. The monoisotopic (exact) mass is 409 g/mol. The molecule has 6 nitrogen and oxygen atoms in total. The molecule has 1 fully saturated rings. The summed E-state index contributed by atoms with van der Waals surface area (Å²) in [5.41, 5.74) is 8.85. The van der Waals surface area contributed by atoms with E-state index in [2.05, 4.69) is 68.0 Å². The zero-order valence-electron chi connectivity index (χ0n) is 17.4. The lowest BCUT2D eigenvalue weighted by molar-refractivity contribution is 0.122. The van der Waals surface area contributed by atoms with Crippen molar-refractivity contribution in [3.05, 3.63) is 67.3 Å². The molecule has 2 aromatic carbocycles. The number of aromatic amines is 1. The van der Waals surface area contributed by atoms with Crippen molar-refractivity contribution in [2.75, 3.05) is 31.2 Å². The second-order valence-corrected chi connectivity index (χ2v) is 8.03. The van der Waals surface area contributed by atoms with E-state index in [1.54, 1.807) is 0 Å². The zero-order chi connectivity index (χ0) is 20.8. The van der Waals surface area contributed by atoms with Gasteiger partial charge in [0.15, 0.2) is 0 Å². The van der Waals surface area contributed by atoms with E-state index in [-0.39, 0.29) is 0 Å². The maximum absolute atomic E-state index is 5.50. The molecule has 6 rings (SSSR count). The van der Waals surface area contributed by atoms with Gasteiger partial charge in [-0.3, -0.25) is 0 Å². The predicted octanol–water partition coefficient (Wildman–Crippen LogP) is 4.62. The van der Waals surface area contributed by atoms with Crippen molar-refractivity contribution in [1.29, 1.82) is 0 Å². The van der Waals surface area contributed by atoms with Crippen LogP contribution in [-0.4, -0.2) is 45.8 Å². The van der Waals surface area contributed by atoms with Crippen molar-refractivity contribution in [2.24, 2.45) is 7.05 Å². The summed E-state index contributed by atoms with van der Waals surface area (Å²) in [4.78, 5) is 14.9. The molecule has 1 aliphatic heterocycles. The number of rotatable bonds is 3. The minimum absolute atomic E-state index is 0.783. The number of nitrogens with one attached hydrogen (secondary N) is 1. The number of nitrogens with zero attached hydrogens (tertiary/aromatic N) is 4. The first-order valence-corrected chi connectivity index (χ1v) is 10.6. The van der Waals surface area contributed by atoms with E-state index in [0.29, 0.717) is 0 Å². The number of imidazole rings is 1. The summed E-state index contributed by atoms with van der Waals surface area (Å²) in [6.07, 6.45) is 5.85. The SMILES string of the molecule is Cn1cnc2ccc(-c3c[nH]c4ncc(-c5cccc(N6CCOCC6)c5)cc34)cc21. The number of morpholine rings is 1. The summed E-state index contributed by atoms with van der Waals surface area (Å²) in [6.45, 7) is 3.43. The van der Waals surface area contributed by atoms with Gasteiger partial charge in [0.2, 0.25) is 0 Å². The summed E-state index contributed by atoms with van der Waals surface area (Å²) >= 11 is 0. The standard InChI is InChI=1S/C25H23N5O/c1-29-16-28-23-6-5-18(13-24(23)29)22-15-27-25-21(22)12-19(14-26-25)17-3-2-4-20(11-17)30-7-9-31-10-8-30/h2-6,11-16H,7-10H2,1H3,(H,26,27). The largest absolute Gasteiger partial charge is 0.378 e. The van der Waals surface area contributed by atoms with Gasteiger partial charge in [-0.1, -0.05) is 18.2 Å². The number of H-pyrrole nitrogens is 1. The van der Waals surface area contributed by atoms with Crippen LogP contribution >= 0.6 is 0 Å². The molecule has 0 radical (unpaired) electrons. The van der Waals surface area contributed by atoms with Crippen LogP contribution in [-0.2, 0) is 11.8 Å². The Labute approximate surface area is 180 Å². The Bertz CT molecular complexity index is 1390. The lowest BCUT2D eigenvalue weighted by Crippen LogP contribution is -2.36. The number of fused-ring (bicyclic) bond motifs is 2. The fourth-order valence-corrected chi connectivity index (χ4v) is 4.40. The van der Waals surface area contributed by atoms with Crippen molar-refractivity contribution >= 4 is 27.8 Å². The number of pyridine rings is 1. The van der Waals surface area contributed by atoms with Crippen LogP contribution in [0.1, 0.15) is 0 Å². The average molecular weight is 409 g/mol. The zero-order valence-corrected chi connectivity index (χ0v) is 17.4. The number of aromatic nitrogens is 4. The number of ether oxygens (including phenoxy) is 1. The first kappa shape index (κ1) is 18.2. The quantitative estimate of drug-likeness (QED) is 0.472. The highest BCUT2D eigenvalue weighted by molar-refractivity contribution is 5.97. The molecule has 0 aliphatic carbocycles. The first-order valence-electron chi connectivity index (χ1n) is 10.6. The van der Waals surface area contributed by atoms with Gasteiger partial charge in [-0.05, 0) is 41.5 Å². The summed E-state index contributed by atoms with van der Waals surface area (Å²) < 4.78 is 7.55. The van der Waals surface area contributed by atoms with Gasteiger partial charge in [0.1, 0.15) is 5.65 Å². The van der Waals surface area contributed by atoms with Gasteiger partial charge < -0.3 is 19.2 Å². The van der Waals surface area contributed by atoms with Crippen LogP contribution in [0, 0.1) is 0 Å². The Kier molecular flexibility index (Phi) is 4.25. The highest BCUT2D eigenvalue weighted by Crippen LogP contribution is 2.33. The van der Waals surface area contributed by atoms with Crippen molar-refractivity contribution in [3.63, 3.8) is 0 Å². The minimum Gasteiger partial charge on any atom is -0.378 e. The molecule has 0 bridgehead atoms. The van der Waals surface area contributed by atoms with Crippen LogP contribution in [0.5, 0.6) is 0 Å². The second-order valence-electron chi connectivity index (χ2n) is 8.03. The number of hydrogen-bond acceptors (Lipinski definition) is 4. The molecule has 0 saturated carbocycles. The van der Waals surface area contributed by atoms with Crippen LogP contribution in [0.3, 0.4) is 0 Å². The minimum atomic E-state index is 0.783. The Hall–Kier alpha value is -3.64. The van der Waals surface area contributed by atoms with Crippen molar-refractivity contribution in [3.8, 4) is 22.3 Å². The third kappa shape index (κ3) is 3.16. The van der Waals surface area contributed by atoms with E-state index in [4.69, 9.17) is 9.72 Å². The Morgan fingerprint density at radius 1 is 0.935 bits per heavy atom. The summed E-state index contributed by atoms with van der Waals surface area (Å²) in [5, 5.41) is 1.12. The molecule has 6 heteroatoms. The second kappa shape index (κ2) is 7.25. The molecular weight excluding hydrogens is 386 g/mol. The molecule has 3 aromatic heterocycles. The van der Waals surface area contributed by atoms with E-state index in [1.165, 1.54) is 11.3 Å². The molecule has 0 amide bonds. The summed E-state index contributed by atoms with van der Waals surface area (Å²) in [6, 6.07) is 17.3. The van der Waals surface area contributed by atoms with Crippen LogP contribution in [0.4, 0.5) is 5.69 Å². The van der Waals surface area contributed by atoms with Gasteiger partial charge in [-0.2, -0.15) is 0 Å². The van der Waals surface area contributed by atoms with Crippen LogP contribution in [0.25, 0.3) is 44.3 Å². The third-order valence-electron chi connectivity index (χ3n) is 6.12. The summed E-state index contributed by atoms with van der Waals surface area (Å²) in [5.74, 6) is 0. The lowest BCUT2D eigenvalue weighted by atomic mass is 10.0. The molecule has 1 saturated heterocycles. The van der Waals surface area contributed by atoms with Gasteiger partial charge in [0, 0.05) is 54.7 Å². The molecule has 1 N–H and O–H groups in total. The molecule has 5 aromatic rings. The van der Waals surface area contributed by atoms with E-state index in [1.807, 2.05) is 25.8 Å². The van der Waals surface area contributed by atoms with Crippen molar-refractivity contribution < 1.29 is 4.74 Å². The molecular formula is C25H23N5O. The molecule has 154 valence electrons. The predicted molar refractivity (Wildman–Crippen MR) is 124 cm³/mol. The van der Waals surface area contributed by atoms with Gasteiger partial charge in [0.05, 0.1) is 30.6 Å². The van der Waals surface area contributed by atoms with Gasteiger partial charge in [-0.15, -0.1) is 0 Å². The maximum atomic E-state index is 5.50. The first-order chi connectivity index (χ1) is 15.3. The van der Waals surface area contributed by atoms with E-state index in [9.17, 15) is 0 Å². The number of hydrogen-bond donors (Lipinski definition) is 1. The number of anilines is 1. The van der Waals surface area contributed by atoms with Gasteiger partial charge in [-0.25, -0.2) is 9.97 Å². The fourth-order valence-electron chi connectivity index (χ4n) is 4.40. The normalized spacial score (nSPS) is 14.5. The fraction of sp³-hybridized carbons (Fsp3) is 0.200. The smallest absolute Gasteiger partial charge is 0.137 e. The molecule has 1 aliphatic rings. The Morgan fingerprint density at radius 2 is 1.84 bits per heavy atom. The third-order valence-corrected chi connectivity index (χ3v) is 6.12. The van der Waals surface area contributed by atoms with Crippen molar-refractivity contribution in [2.45, 2.75) is 0 Å². The van der Waals surface area contributed by atoms with Gasteiger partial charge >= 0.3 is 0 Å². The summed E-state index contributed by atoms with van der Waals surface area (Å²) in [7, 11) is 2.02. The van der Waals surface area contributed by atoms with Crippen LogP contribution in [0.2, 0.25) is 0 Å². The topological polar surface area (TPSA) is 59.0 Å². The van der Waals surface area contributed by atoms with Crippen molar-refractivity contribution in [1.82, 2.24) is 19.5 Å². The number of benzene rings is 2. The highest BCUT2D eigenvalue weighted by atomic mass is 16.5. The maximum Gasteiger partial charge on any atom is 0.137 e. The molecule has 0 atom stereocenters. The van der Waals surface area contributed by atoms with Crippen LogP contribution < -0.4 is 4.90 Å². The van der Waals surface area contributed by atoms with E-state index in [0.717, 1.165) is 65.1 Å². The van der Waals surface area contributed by atoms with E-state index >= 15 is 0 Å². The van der Waals surface area contributed by atoms with E-state index < -0.39 is 0 Å². The Balaban J connectivity index is 1.42. The lowest BCUT2D eigenvalue weighted by Gasteiger charge is -2.29. The molecule has 0 unspecified atom stereocenters.